The van der Waals surface area contributed by atoms with E-state index in [0.717, 1.165) is 62.0 Å². The maximum absolute atomic E-state index is 14.4. The minimum absolute atomic E-state index is 0. The van der Waals surface area contributed by atoms with Gasteiger partial charge < -0.3 is 13.9 Å². The SMILES string of the molecule is CCCCN(CCCC)c1ccc2c(C)c(/C=C/c3ccc(C(=O)c4c(F)c(F)c(S(=O)(=O)[O-])c(F)c4F)cc3)c(=O)oc2c1.[Na+]. The number of nitrogens with zero attached hydrogens (tertiary/aromatic N) is 1. The molecule has 0 saturated carbocycles. The van der Waals surface area contributed by atoms with Crippen LogP contribution in [0.4, 0.5) is 23.2 Å². The Morgan fingerprint density at radius 3 is 1.98 bits per heavy atom. The zero-order valence-electron chi connectivity index (χ0n) is 25.8. The van der Waals surface area contributed by atoms with E-state index in [1.807, 2.05) is 18.2 Å². The summed E-state index contributed by atoms with van der Waals surface area (Å²) in [5.41, 5.74) is 0.220. The van der Waals surface area contributed by atoms with Gasteiger partial charge in [-0.25, -0.2) is 30.8 Å². The molecule has 4 rings (SSSR count). The first-order valence-corrected chi connectivity index (χ1v) is 15.7. The van der Waals surface area contributed by atoms with Gasteiger partial charge in [-0.2, -0.15) is 0 Å². The quantitative estimate of drug-likeness (QED) is 0.0552. The van der Waals surface area contributed by atoms with Crippen LogP contribution in [0.5, 0.6) is 0 Å². The summed E-state index contributed by atoms with van der Waals surface area (Å²) in [5, 5.41) is 0.754. The van der Waals surface area contributed by atoms with Crippen molar-refractivity contribution in [3.8, 4) is 0 Å². The van der Waals surface area contributed by atoms with E-state index in [2.05, 4.69) is 18.7 Å². The van der Waals surface area contributed by atoms with Gasteiger partial charge in [0.05, 0.1) is 5.56 Å². The molecule has 0 unspecified atom stereocenters. The number of fused-ring (bicyclic) bond motifs is 1. The fourth-order valence-electron chi connectivity index (χ4n) is 4.92. The second-order valence-corrected chi connectivity index (χ2v) is 11.8. The Labute approximate surface area is 286 Å². The van der Waals surface area contributed by atoms with Crippen LogP contribution < -0.4 is 40.1 Å². The van der Waals surface area contributed by atoms with E-state index in [1.54, 1.807) is 13.0 Å². The number of rotatable bonds is 12. The van der Waals surface area contributed by atoms with Crippen LogP contribution in [0, 0.1) is 30.2 Å². The fraction of sp³-hybridized carbons (Fsp3) is 0.273. The Hall–Kier alpha value is -3.29. The third kappa shape index (κ3) is 7.80. The Morgan fingerprint density at radius 2 is 1.46 bits per heavy atom. The minimum Gasteiger partial charge on any atom is -0.744 e. The normalized spacial score (nSPS) is 11.7. The molecule has 0 fully saturated rings. The zero-order valence-corrected chi connectivity index (χ0v) is 28.6. The Morgan fingerprint density at radius 1 is 0.891 bits per heavy atom. The van der Waals surface area contributed by atoms with Gasteiger partial charge in [0.2, 0.25) is 0 Å². The monoisotopic (exact) mass is 667 g/mol. The fourth-order valence-corrected chi connectivity index (χ4v) is 5.53. The van der Waals surface area contributed by atoms with E-state index < -0.39 is 55.3 Å². The molecule has 0 atom stereocenters. The molecule has 0 aliphatic heterocycles. The zero-order chi connectivity index (χ0) is 33.1. The molecule has 3 aromatic carbocycles. The van der Waals surface area contributed by atoms with Gasteiger partial charge in [-0.3, -0.25) is 4.79 Å². The van der Waals surface area contributed by atoms with Gasteiger partial charge in [-0.05, 0) is 49.1 Å². The van der Waals surface area contributed by atoms with Crippen molar-refractivity contribution in [2.45, 2.75) is 51.3 Å². The average Bonchev–Trinajstić information content (AvgIpc) is 2.99. The number of carbonyl (C=O) groups excluding carboxylic acids is 1. The maximum atomic E-state index is 14.4. The smallest absolute Gasteiger partial charge is 0.744 e. The molecule has 0 radical (unpaired) electrons. The molecule has 46 heavy (non-hydrogen) atoms. The van der Waals surface area contributed by atoms with E-state index in [0.29, 0.717) is 16.7 Å². The molecular formula is C33H30F4NNaO6S. The van der Waals surface area contributed by atoms with Crippen LogP contribution in [0.3, 0.4) is 0 Å². The second kappa shape index (κ2) is 15.5. The summed E-state index contributed by atoms with van der Waals surface area (Å²) < 4.78 is 96.0. The van der Waals surface area contributed by atoms with E-state index in [1.165, 1.54) is 18.2 Å². The topological polar surface area (TPSA) is 108 Å². The first kappa shape index (κ1) is 37.2. The minimum atomic E-state index is -5.91. The van der Waals surface area contributed by atoms with Crippen molar-refractivity contribution in [3.05, 3.63) is 104 Å². The Bertz CT molecular complexity index is 1920. The average molecular weight is 668 g/mol. The van der Waals surface area contributed by atoms with Crippen LogP contribution in [-0.2, 0) is 10.1 Å². The number of carbonyl (C=O) groups is 1. The predicted molar refractivity (Wildman–Crippen MR) is 162 cm³/mol. The molecule has 1 aromatic heterocycles. The van der Waals surface area contributed by atoms with Gasteiger partial charge in [0, 0.05) is 35.8 Å². The van der Waals surface area contributed by atoms with Gasteiger partial charge in [-0.1, -0.05) is 57.0 Å². The summed E-state index contributed by atoms with van der Waals surface area (Å²) in [6.45, 7) is 7.84. The van der Waals surface area contributed by atoms with Crippen LogP contribution >= 0.6 is 0 Å². The molecule has 0 saturated heterocycles. The number of ketones is 1. The van der Waals surface area contributed by atoms with Crippen molar-refractivity contribution in [1.29, 1.82) is 0 Å². The van der Waals surface area contributed by atoms with Gasteiger partial charge in [0.15, 0.2) is 29.1 Å². The maximum Gasteiger partial charge on any atom is 1.00 e. The molecule has 0 aliphatic rings. The van der Waals surface area contributed by atoms with E-state index >= 15 is 0 Å². The van der Waals surface area contributed by atoms with Gasteiger partial charge >= 0.3 is 35.2 Å². The van der Waals surface area contributed by atoms with Crippen LogP contribution in [-0.4, -0.2) is 31.8 Å². The molecular weight excluding hydrogens is 637 g/mol. The molecule has 0 amide bonds. The van der Waals surface area contributed by atoms with Crippen LogP contribution in [0.2, 0.25) is 0 Å². The first-order valence-electron chi connectivity index (χ1n) is 14.3. The standard InChI is InChI=1S/C33H31F4NO6S.Na/c1-4-6-16-38(17-7-5-2)22-13-15-23-19(3)24(33(40)44-25(23)18-22)14-10-20-8-11-21(12-9-20)31(39)26-27(34)29(36)32(45(41,42)43)30(37)28(26)35;/h8-15,18H,4-7,16-17H2,1-3H3,(H,41,42,43);/q;+1/p-1/b14-10+;. The van der Waals surface area contributed by atoms with Crippen molar-refractivity contribution in [1.82, 2.24) is 0 Å². The predicted octanol–water partition coefficient (Wildman–Crippen LogP) is 4.37. The number of unbranched alkanes of at least 4 members (excludes halogenated alkanes) is 2. The third-order valence-corrected chi connectivity index (χ3v) is 8.30. The summed E-state index contributed by atoms with van der Waals surface area (Å²) in [4.78, 5) is 25.6. The van der Waals surface area contributed by atoms with Crippen LogP contribution in [0.15, 0.2) is 56.6 Å². The van der Waals surface area contributed by atoms with Crippen molar-refractivity contribution >= 4 is 44.7 Å². The summed E-state index contributed by atoms with van der Waals surface area (Å²) in [6, 6.07) is 10.7. The molecule has 7 nitrogen and oxygen atoms in total. The molecule has 238 valence electrons. The molecule has 0 N–H and O–H groups in total. The van der Waals surface area contributed by atoms with E-state index in [9.17, 15) is 40.1 Å². The van der Waals surface area contributed by atoms with Crippen LogP contribution in [0.1, 0.15) is 72.1 Å². The van der Waals surface area contributed by atoms with Gasteiger partial charge in [0.25, 0.3) is 0 Å². The van der Waals surface area contributed by atoms with Crippen molar-refractivity contribution in [3.63, 3.8) is 0 Å². The molecule has 4 aromatic rings. The van der Waals surface area contributed by atoms with Crippen LogP contribution in [0.25, 0.3) is 23.1 Å². The molecule has 0 aliphatic carbocycles. The third-order valence-electron chi connectivity index (χ3n) is 7.44. The van der Waals surface area contributed by atoms with E-state index in [4.69, 9.17) is 4.42 Å². The number of halogens is 4. The Kier molecular flexibility index (Phi) is 12.6. The van der Waals surface area contributed by atoms with Crippen molar-refractivity contribution in [2.75, 3.05) is 18.0 Å². The number of anilines is 1. The largest absolute Gasteiger partial charge is 1.00 e. The molecule has 0 spiro atoms. The number of benzene rings is 3. The molecule has 1 heterocycles. The number of hydrogen-bond acceptors (Lipinski definition) is 7. The molecule has 0 bridgehead atoms. The van der Waals surface area contributed by atoms with Crippen molar-refractivity contribution in [2.24, 2.45) is 0 Å². The Balaban J connectivity index is 0.00000576. The van der Waals surface area contributed by atoms with Crippen molar-refractivity contribution < 1.29 is 69.3 Å². The summed E-state index contributed by atoms with van der Waals surface area (Å²) in [5.74, 6) is -11.1. The first-order chi connectivity index (χ1) is 21.3. The van der Waals surface area contributed by atoms with E-state index in [-0.39, 0.29) is 40.7 Å². The summed E-state index contributed by atoms with van der Waals surface area (Å²) in [6.07, 6.45) is 7.25. The summed E-state index contributed by atoms with van der Waals surface area (Å²) >= 11 is 0. The second-order valence-electron chi connectivity index (χ2n) is 10.5. The summed E-state index contributed by atoms with van der Waals surface area (Å²) in [7, 11) is -5.91. The number of aryl methyl sites for hydroxylation is 1. The van der Waals surface area contributed by atoms with Gasteiger partial charge in [-0.15, -0.1) is 0 Å². The number of hydrogen-bond donors (Lipinski definition) is 0. The molecule has 13 heteroatoms. The van der Waals surface area contributed by atoms with Gasteiger partial charge in [0.1, 0.15) is 26.2 Å².